The number of amides is 1. The first-order valence-corrected chi connectivity index (χ1v) is 11.0. The van der Waals surface area contributed by atoms with Crippen LogP contribution in [0.4, 0.5) is 0 Å². The van der Waals surface area contributed by atoms with Crippen LogP contribution in [0.5, 0.6) is 5.75 Å². The highest BCUT2D eigenvalue weighted by Gasteiger charge is 2.22. The number of ether oxygens (including phenoxy) is 1. The molecule has 5 nitrogen and oxygen atoms in total. The van der Waals surface area contributed by atoms with Crippen LogP contribution < -0.4 is 15.6 Å². The Hall–Kier alpha value is -3.86. The lowest BCUT2D eigenvalue weighted by atomic mass is 9.93. The van der Waals surface area contributed by atoms with E-state index in [-0.39, 0.29) is 11.5 Å². The number of fused-ring (bicyclic) bond motifs is 1. The van der Waals surface area contributed by atoms with Crippen LogP contribution in [0.1, 0.15) is 27.2 Å². The van der Waals surface area contributed by atoms with E-state index in [2.05, 4.69) is 5.32 Å². The second-order valence-electron chi connectivity index (χ2n) is 8.25. The third-order valence-corrected chi connectivity index (χ3v) is 6.16. The summed E-state index contributed by atoms with van der Waals surface area (Å²) in [4.78, 5) is 26.7. The molecule has 0 saturated heterocycles. The zero-order chi connectivity index (χ0) is 23.5. The molecule has 0 aliphatic rings. The number of methoxy groups -OCH3 is 1. The third kappa shape index (κ3) is 4.27. The molecule has 1 aromatic heterocycles. The van der Waals surface area contributed by atoms with Gasteiger partial charge < -0.3 is 14.6 Å². The van der Waals surface area contributed by atoms with E-state index in [1.807, 2.05) is 80.6 Å². The molecule has 5 heteroatoms. The van der Waals surface area contributed by atoms with E-state index in [1.54, 1.807) is 14.2 Å². The van der Waals surface area contributed by atoms with Gasteiger partial charge in [-0.1, -0.05) is 54.6 Å². The Morgan fingerprint density at radius 1 is 0.939 bits per heavy atom. The molecule has 0 saturated carbocycles. The van der Waals surface area contributed by atoms with Crippen LogP contribution in [0.25, 0.3) is 21.9 Å². The topological polar surface area (TPSA) is 60.3 Å². The summed E-state index contributed by atoms with van der Waals surface area (Å²) in [6.07, 6.45) is 0.621. The maximum Gasteiger partial charge on any atom is 0.268 e. The molecule has 0 radical (unpaired) electrons. The van der Waals surface area contributed by atoms with Gasteiger partial charge in [0.15, 0.2) is 0 Å². The van der Waals surface area contributed by atoms with E-state index >= 15 is 0 Å². The highest BCUT2D eigenvalue weighted by atomic mass is 16.5. The van der Waals surface area contributed by atoms with E-state index in [1.165, 1.54) is 4.57 Å². The number of pyridine rings is 1. The van der Waals surface area contributed by atoms with E-state index in [4.69, 9.17) is 4.74 Å². The standard InChI is InChI=1S/C28H28N2O3/c1-18-16-22-23(17-19(18)2)28(32)30(3)26(25(22)21-11-6-5-7-12-21)27(31)29-15-14-20-10-8-9-13-24(20)33-4/h5-13,16-17H,14-15H2,1-4H3,(H,29,31). The number of hydrogen-bond donors (Lipinski definition) is 1. The molecule has 0 aliphatic heterocycles. The van der Waals surface area contributed by atoms with Crippen molar-refractivity contribution < 1.29 is 9.53 Å². The van der Waals surface area contributed by atoms with E-state index in [9.17, 15) is 9.59 Å². The van der Waals surface area contributed by atoms with Gasteiger partial charge in [-0.25, -0.2) is 0 Å². The van der Waals surface area contributed by atoms with Crippen molar-refractivity contribution >= 4 is 16.7 Å². The predicted octanol–water partition coefficient (Wildman–Crippen LogP) is 4.80. The SMILES string of the molecule is COc1ccccc1CCNC(=O)c1c(-c2ccccc2)c2cc(C)c(C)cc2c(=O)n1C. The van der Waals surface area contributed by atoms with E-state index < -0.39 is 0 Å². The monoisotopic (exact) mass is 440 g/mol. The van der Waals surface area contributed by atoms with Crippen molar-refractivity contribution in [3.8, 4) is 16.9 Å². The molecule has 0 unspecified atom stereocenters. The summed E-state index contributed by atoms with van der Waals surface area (Å²) >= 11 is 0. The molecule has 0 aliphatic carbocycles. The molecule has 3 aromatic carbocycles. The largest absolute Gasteiger partial charge is 0.496 e. The lowest BCUT2D eigenvalue weighted by molar-refractivity contribution is 0.0945. The predicted molar refractivity (Wildman–Crippen MR) is 133 cm³/mol. The average molecular weight is 441 g/mol. The molecule has 33 heavy (non-hydrogen) atoms. The van der Waals surface area contributed by atoms with Crippen LogP contribution in [0.15, 0.2) is 71.5 Å². The van der Waals surface area contributed by atoms with Crippen LogP contribution in [0.3, 0.4) is 0 Å². The van der Waals surface area contributed by atoms with Crippen LogP contribution in [0, 0.1) is 13.8 Å². The lowest BCUT2D eigenvalue weighted by Crippen LogP contribution is -2.33. The van der Waals surface area contributed by atoms with Crippen molar-refractivity contribution in [1.82, 2.24) is 9.88 Å². The number of benzene rings is 3. The number of para-hydroxylation sites is 1. The summed E-state index contributed by atoms with van der Waals surface area (Å²) in [6, 6.07) is 21.5. The molecule has 1 N–H and O–H groups in total. The van der Waals surface area contributed by atoms with Crippen molar-refractivity contribution in [2.24, 2.45) is 7.05 Å². The summed E-state index contributed by atoms with van der Waals surface area (Å²) in [7, 11) is 3.30. The first-order chi connectivity index (χ1) is 15.9. The fourth-order valence-corrected chi connectivity index (χ4v) is 4.24. The van der Waals surface area contributed by atoms with E-state index in [0.29, 0.717) is 24.0 Å². The van der Waals surface area contributed by atoms with Crippen molar-refractivity contribution in [2.75, 3.05) is 13.7 Å². The maximum atomic E-state index is 13.5. The Morgan fingerprint density at radius 2 is 1.58 bits per heavy atom. The van der Waals surface area contributed by atoms with Gasteiger partial charge in [0, 0.05) is 24.5 Å². The smallest absolute Gasteiger partial charge is 0.268 e. The Bertz CT molecular complexity index is 1390. The second kappa shape index (κ2) is 9.33. The zero-order valence-electron chi connectivity index (χ0n) is 19.4. The minimum Gasteiger partial charge on any atom is -0.496 e. The molecule has 0 spiro atoms. The van der Waals surface area contributed by atoms with Gasteiger partial charge in [0.05, 0.1) is 7.11 Å². The number of carbonyl (C=O) groups is 1. The lowest BCUT2D eigenvalue weighted by Gasteiger charge is -2.18. The van der Waals surface area contributed by atoms with Gasteiger partial charge in [-0.05, 0) is 60.0 Å². The van der Waals surface area contributed by atoms with Crippen molar-refractivity contribution in [2.45, 2.75) is 20.3 Å². The molecule has 0 bridgehead atoms. The van der Waals surface area contributed by atoms with Gasteiger partial charge in [0.25, 0.3) is 11.5 Å². The second-order valence-corrected chi connectivity index (χ2v) is 8.25. The number of carbonyl (C=O) groups excluding carboxylic acids is 1. The van der Waals surface area contributed by atoms with Crippen molar-refractivity contribution in [3.63, 3.8) is 0 Å². The third-order valence-electron chi connectivity index (χ3n) is 6.16. The molecule has 0 atom stereocenters. The minimum atomic E-state index is -0.275. The molecule has 4 rings (SSSR count). The zero-order valence-corrected chi connectivity index (χ0v) is 19.4. The Kier molecular flexibility index (Phi) is 6.31. The quantitative estimate of drug-likeness (QED) is 0.468. The fraction of sp³-hybridized carbons (Fsp3) is 0.214. The molecule has 0 fully saturated rings. The number of nitrogens with one attached hydrogen (secondary N) is 1. The molecule has 4 aromatic rings. The van der Waals surface area contributed by atoms with Crippen LogP contribution in [-0.2, 0) is 13.5 Å². The maximum absolute atomic E-state index is 13.5. The van der Waals surface area contributed by atoms with Crippen LogP contribution in [-0.4, -0.2) is 24.1 Å². The molecule has 168 valence electrons. The number of aromatic nitrogens is 1. The van der Waals surface area contributed by atoms with E-state index in [0.717, 1.165) is 39.0 Å². The Morgan fingerprint density at radius 3 is 2.27 bits per heavy atom. The Labute approximate surface area is 193 Å². The molecule has 1 heterocycles. The summed E-state index contributed by atoms with van der Waals surface area (Å²) in [5.74, 6) is 0.518. The number of hydrogen-bond acceptors (Lipinski definition) is 3. The summed E-state index contributed by atoms with van der Waals surface area (Å²) in [6.45, 7) is 4.44. The summed E-state index contributed by atoms with van der Waals surface area (Å²) in [5.41, 5.74) is 5.00. The minimum absolute atomic E-state index is 0.178. The van der Waals surface area contributed by atoms with Crippen LogP contribution in [0.2, 0.25) is 0 Å². The Balaban J connectivity index is 1.79. The van der Waals surface area contributed by atoms with Crippen molar-refractivity contribution in [1.29, 1.82) is 0 Å². The van der Waals surface area contributed by atoms with Gasteiger partial charge in [-0.15, -0.1) is 0 Å². The fourth-order valence-electron chi connectivity index (χ4n) is 4.24. The summed E-state index contributed by atoms with van der Waals surface area (Å²) in [5, 5.41) is 4.42. The number of rotatable bonds is 6. The van der Waals surface area contributed by atoms with Gasteiger partial charge in [-0.2, -0.15) is 0 Å². The van der Waals surface area contributed by atoms with Gasteiger partial charge in [0.1, 0.15) is 11.4 Å². The highest BCUT2D eigenvalue weighted by molar-refractivity contribution is 6.08. The number of nitrogens with zero attached hydrogens (tertiary/aromatic N) is 1. The van der Waals surface area contributed by atoms with Crippen molar-refractivity contribution in [3.05, 3.63) is 99.5 Å². The highest BCUT2D eigenvalue weighted by Crippen LogP contribution is 2.32. The molecular formula is C28H28N2O3. The molecular weight excluding hydrogens is 412 g/mol. The average Bonchev–Trinajstić information content (AvgIpc) is 2.83. The molecule has 1 amide bonds. The van der Waals surface area contributed by atoms with Gasteiger partial charge in [0.2, 0.25) is 0 Å². The first-order valence-electron chi connectivity index (χ1n) is 11.0. The number of aryl methyl sites for hydroxylation is 2. The first kappa shape index (κ1) is 22.3. The van der Waals surface area contributed by atoms with Crippen LogP contribution >= 0.6 is 0 Å². The van der Waals surface area contributed by atoms with Gasteiger partial charge >= 0.3 is 0 Å². The normalized spacial score (nSPS) is 10.9. The van der Waals surface area contributed by atoms with Gasteiger partial charge in [-0.3, -0.25) is 9.59 Å². The summed E-state index contributed by atoms with van der Waals surface area (Å²) < 4.78 is 6.88.